The van der Waals surface area contributed by atoms with Crippen molar-refractivity contribution in [1.82, 2.24) is 10.3 Å². The number of benzene rings is 2. The highest BCUT2D eigenvalue weighted by Crippen LogP contribution is 2.32. The third kappa shape index (κ3) is 4.46. The first-order valence-corrected chi connectivity index (χ1v) is 9.81. The summed E-state index contributed by atoms with van der Waals surface area (Å²) in [5.41, 5.74) is 3.19. The molecule has 0 aliphatic carbocycles. The summed E-state index contributed by atoms with van der Waals surface area (Å²) >= 11 is 1.61. The average molecular weight is 380 g/mol. The Labute approximate surface area is 162 Å². The summed E-state index contributed by atoms with van der Waals surface area (Å²) in [6.07, 6.45) is 1.86. The van der Waals surface area contributed by atoms with Crippen LogP contribution in [0.5, 0.6) is 11.5 Å². The second-order valence-electron chi connectivity index (χ2n) is 6.30. The van der Waals surface area contributed by atoms with E-state index < -0.39 is 0 Å². The molecule has 0 atom stereocenters. The van der Waals surface area contributed by atoms with Gasteiger partial charge in [0.2, 0.25) is 12.7 Å². The molecule has 1 amide bonds. The van der Waals surface area contributed by atoms with Gasteiger partial charge in [-0.25, -0.2) is 4.98 Å². The van der Waals surface area contributed by atoms with Crippen molar-refractivity contribution < 1.29 is 14.3 Å². The molecule has 0 radical (unpaired) electrons. The van der Waals surface area contributed by atoms with Gasteiger partial charge in [-0.3, -0.25) is 4.79 Å². The maximum atomic E-state index is 12.1. The minimum atomic E-state index is 0.0463. The van der Waals surface area contributed by atoms with Gasteiger partial charge in [-0.15, -0.1) is 11.3 Å². The maximum absolute atomic E-state index is 12.1. The third-order valence-corrected chi connectivity index (χ3v) is 5.29. The monoisotopic (exact) mass is 380 g/mol. The molecule has 5 nitrogen and oxygen atoms in total. The van der Waals surface area contributed by atoms with Gasteiger partial charge in [-0.1, -0.05) is 36.4 Å². The Hall–Kier alpha value is -2.86. The highest BCUT2D eigenvalue weighted by atomic mass is 32.1. The predicted molar refractivity (Wildman–Crippen MR) is 105 cm³/mol. The molecule has 0 saturated carbocycles. The lowest BCUT2D eigenvalue weighted by atomic mass is 10.1. The first-order chi connectivity index (χ1) is 13.3. The zero-order chi connectivity index (χ0) is 18.5. The van der Waals surface area contributed by atoms with E-state index >= 15 is 0 Å². The number of aromatic nitrogens is 1. The van der Waals surface area contributed by atoms with Crippen molar-refractivity contribution >= 4 is 17.2 Å². The Kier molecular flexibility index (Phi) is 5.34. The van der Waals surface area contributed by atoms with Crippen molar-refractivity contribution in [3.8, 4) is 22.1 Å². The first kappa shape index (κ1) is 17.5. The Morgan fingerprint density at radius 3 is 2.81 bits per heavy atom. The van der Waals surface area contributed by atoms with Crippen molar-refractivity contribution in [3.05, 3.63) is 65.2 Å². The molecule has 3 aromatic rings. The fraction of sp³-hybridized carbons (Fsp3) is 0.238. The molecule has 0 unspecified atom stereocenters. The van der Waals surface area contributed by atoms with Crippen LogP contribution in [0.2, 0.25) is 0 Å². The van der Waals surface area contributed by atoms with Crippen LogP contribution in [0.1, 0.15) is 17.7 Å². The van der Waals surface area contributed by atoms with Gasteiger partial charge in [-0.05, 0) is 30.5 Å². The summed E-state index contributed by atoms with van der Waals surface area (Å²) in [6.45, 7) is 0.878. The van der Waals surface area contributed by atoms with Crippen LogP contribution in [-0.4, -0.2) is 24.2 Å². The lowest BCUT2D eigenvalue weighted by Gasteiger charge is -2.06. The van der Waals surface area contributed by atoms with E-state index in [-0.39, 0.29) is 12.7 Å². The first-order valence-electron chi connectivity index (χ1n) is 8.93. The molecule has 1 aliphatic rings. The number of amides is 1. The molecule has 0 bridgehead atoms. The van der Waals surface area contributed by atoms with Crippen LogP contribution in [0.3, 0.4) is 0 Å². The number of ether oxygens (including phenoxy) is 2. The Morgan fingerprint density at radius 1 is 1.07 bits per heavy atom. The second-order valence-corrected chi connectivity index (χ2v) is 7.16. The van der Waals surface area contributed by atoms with Crippen LogP contribution in [0, 0.1) is 0 Å². The van der Waals surface area contributed by atoms with Crippen LogP contribution in [-0.2, 0) is 17.6 Å². The molecule has 27 heavy (non-hydrogen) atoms. The van der Waals surface area contributed by atoms with Crippen molar-refractivity contribution in [3.63, 3.8) is 0 Å². The summed E-state index contributed by atoms with van der Waals surface area (Å²) in [6, 6.07) is 16.0. The number of aryl methyl sites for hydroxylation is 1. The van der Waals surface area contributed by atoms with Gasteiger partial charge in [0.25, 0.3) is 0 Å². The normalized spacial score (nSPS) is 12.1. The van der Waals surface area contributed by atoms with Crippen molar-refractivity contribution in [2.75, 3.05) is 13.3 Å². The number of nitrogens with one attached hydrogen (secondary N) is 1. The number of carbonyl (C=O) groups is 1. The molecule has 2 aromatic carbocycles. The second kappa shape index (κ2) is 8.22. The number of fused-ring (bicyclic) bond motifs is 1. The molecule has 1 aliphatic heterocycles. The largest absolute Gasteiger partial charge is 0.454 e. The smallest absolute Gasteiger partial charge is 0.231 e. The van der Waals surface area contributed by atoms with E-state index in [1.807, 2.05) is 53.9 Å². The fourth-order valence-electron chi connectivity index (χ4n) is 2.91. The van der Waals surface area contributed by atoms with Crippen LogP contribution < -0.4 is 14.8 Å². The molecule has 0 spiro atoms. The summed E-state index contributed by atoms with van der Waals surface area (Å²) in [5.74, 6) is 1.60. The number of nitrogens with zero attached hydrogens (tertiary/aromatic N) is 1. The van der Waals surface area contributed by atoms with E-state index in [0.717, 1.165) is 39.7 Å². The highest BCUT2D eigenvalue weighted by Gasteiger charge is 2.13. The van der Waals surface area contributed by atoms with Gasteiger partial charge in [-0.2, -0.15) is 0 Å². The third-order valence-electron chi connectivity index (χ3n) is 4.35. The van der Waals surface area contributed by atoms with E-state index in [2.05, 4.69) is 10.3 Å². The van der Waals surface area contributed by atoms with Crippen LogP contribution >= 0.6 is 11.3 Å². The van der Waals surface area contributed by atoms with Crippen molar-refractivity contribution in [2.24, 2.45) is 0 Å². The van der Waals surface area contributed by atoms with E-state index in [9.17, 15) is 4.79 Å². The van der Waals surface area contributed by atoms with E-state index in [1.165, 1.54) is 0 Å². The van der Waals surface area contributed by atoms with Gasteiger partial charge in [0.15, 0.2) is 11.5 Å². The van der Waals surface area contributed by atoms with E-state index in [1.54, 1.807) is 11.3 Å². The number of hydrogen-bond donors (Lipinski definition) is 1. The van der Waals surface area contributed by atoms with Crippen LogP contribution in [0.15, 0.2) is 53.9 Å². The molecule has 0 fully saturated rings. The summed E-state index contributed by atoms with van der Waals surface area (Å²) in [5, 5.41) is 6.00. The lowest BCUT2D eigenvalue weighted by molar-refractivity contribution is -0.121. The lowest BCUT2D eigenvalue weighted by Crippen LogP contribution is -2.25. The molecule has 1 aromatic heterocycles. The molecule has 138 valence electrons. The highest BCUT2D eigenvalue weighted by molar-refractivity contribution is 7.13. The topological polar surface area (TPSA) is 60.5 Å². The van der Waals surface area contributed by atoms with Crippen LogP contribution in [0.25, 0.3) is 10.6 Å². The zero-order valence-corrected chi connectivity index (χ0v) is 15.6. The Bertz CT molecular complexity index is 924. The standard InChI is InChI=1S/C21H20N2O3S/c24-20(22-11-10-15-6-8-18-19(12-15)26-14-25-18)9-7-17-13-27-21(23-17)16-4-2-1-3-5-16/h1-6,8,12-13H,7,9-11,14H2,(H,22,24). The number of carbonyl (C=O) groups excluding carboxylic acids is 1. The Morgan fingerprint density at radius 2 is 1.93 bits per heavy atom. The Balaban J connectivity index is 1.22. The minimum absolute atomic E-state index is 0.0463. The molecular weight excluding hydrogens is 360 g/mol. The summed E-state index contributed by atoms with van der Waals surface area (Å²) in [4.78, 5) is 16.7. The molecule has 4 rings (SSSR count). The SMILES string of the molecule is O=C(CCc1csc(-c2ccccc2)n1)NCCc1ccc2c(c1)OCO2. The molecule has 6 heteroatoms. The quantitative estimate of drug-likeness (QED) is 0.677. The van der Waals surface area contributed by atoms with Crippen LogP contribution in [0.4, 0.5) is 0 Å². The predicted octanol–water partition coefficient (Wildman–Crippen LogP) is 3.83. The molecular formula is C21H20N2O3S. The summed E-state index contributed by atoms with van der Waals surface area (Å²) in [7, 11) is 0. The maximum Gasteiger partial charge on any atom is 0.231 e. The number of hydrogen-bond acceptors (Lipinski definition) is 5. The van der Waals surface area contributed by atoms with Gasteiger partial charge in [0, 0.05) is 23.9 Å². The molecule has 0 saturated heterocycles. The average Bonchev–Trinajstić information content (AvgIpc) is 3.36. The summed E-state index contributed by atoms with van der Waals surface area (Å²) < 4.78 is 10.7. The van der Waals surface area contributed by atoms with E-state index in [4.69, 9.17) is 9.47 Å². The van der Waals surface area contributed by atoms with Gasteiger partial charge in [0.05, 0.1) is 5.69 Å². The van der Waals surface area contributed by atoms with E-state index in [0.29, 0.717) is 19.4 Å². The zero-order valence-electron chi connectivity index (χ0n) is 14.8. The van der Waals surface area contributed by atoms with Gasteiger partial charge < -0.3 is 14.8 Å². The minimum Gasteiger partial charge on any atom is -0.454 e. The van der Waals surface area contributed by atoms with Gasteiger partial charge in [0.1, 0.15) is 5.01 Å². The molecule has 2 heterocycles. The number of rotatable bonds is 7. The fourth-order valence-corrected chi connectivity index (χ4v) is 3.77. The van der Waals surface area contributed by atoms with Crippen molar-refractivity contribution in [2.45, 2.75) is 19.3 Å². The van der Waals surface area contributed by atoms with Crippen molar-refractivity contribution in [1.29, 1.82) is 0 Å². The van der Waals surface area contributed by atoms with Gasteiger partial charge >= 0.3 is 0 Å². The molecule has 1 N–H and O–H groups in total. The number of thiazole rings is 1.